The summed E-state index contributed by atoms with van der Waals surface area (Å²) in [6.45, 7) is 11.5. The average molecular weight is 469 g/mol. The first-order valence-corrected chi connectivity index (χ1v) is 11.1. The molecule has 1 amide bonds. The van der Waals surface area contributed by atoms with Gasteiger partial charge in [0, 0.05) is 6.42 Å². The van der Waals surface area contributed by atoms with Crippen LogP contribution in [0.15, 0.2) is 49.6 Å². The fourth-order valence-electron chi connectivity index (χ4n) is 3.26. The van der Waals surface area contributed by atoms with Gasteiger partial charge in [0.15, 0.2) is 5.78 Å². The van der Waals surface area contributed by atoms with Gasteiger partial charge in [0.2, 0.25) is 5.91 Å². The summed E-state index contributed by atoms with van der Waals surface area (Å²) in [6.07, 6.45) is 4.33. The summed E-state index contributed by atoms with van der Waals surface area (Å²) in [7, 11) is 2.51. The molecule has 0 saturated carbocycles. The van der Waals surface area contributed by atoms with Crippen LogP contribution < -0.4 is 10.1 Å². The molecule has 0 heterocycles. The molecule has 9 heteroatoms. The molecule has 0 aromatic heterocycles. The number of hydrogen-bond acceptors (Lipinski definition) is 7. The van der Waals surface area contributed by atoms with E-state index < -0.39 is 29.7 Å². The Bertz CT molecular complexity index is 840. The maximum atomic E-state index is 13.1. The van der Waals surface area contributed by atoms with Gasteiger partial charge in [-0.1, -0.05) is 44.7 Å². The van der Waals surface area contributed by atoms with Crippen molar-refractivity contribution >= 4 is 31.5 Å². The number of ether oxygens (including phenoxy) is 2. The minimum atomic E-state index is -0.787. The average Bonchev–Trinajstić information content (AvgIpc) is 2.82. The summed E-state index contributed by atoms with van der Waals surface area (Å²) >= 11 is 0. The van der Waals surface area contributed by atoms with Crippen LogP contribution in [-0.2, 0) is 30.2 Å². The molecule has 0 aliphatic rings. The number of esters is 1. The lowest BCUT2D eigenvalue weighted by Crippen LogP contribution is -2.45. The lowest BCUT2D eigenvalue weighted by Gasteiger charge is -2.23. The van der Waals surface area contributed by atoms with E-state index in [0.29, 0.717) is 25.2 Å². The Balaban J connectivity index is 2.96. The minimum Gasteiger partial charge on any atom is -0.555 e. The summed E-state index contributed by atoms with van der Waals surface area (Å²) in [5.74, 6) is -1.99. The number of Topliss-reactive ketones (excluding diaryl/α,β-unsaturated/α-hetero) is 1. The van der Waals surface area contributed by atoms with Crippen molar-refractivity contribution in [1.29, 1.82) is 5.41 Å². The van der Waals surface area contributed by atoms with Gasteiger partial charge in [-0.2, -0.15) is 0 Å². The van der Waals surface area contributed by atoms with Gasteiger partial charge < -0.3 is 19.4 Å². The molecule has 0 aliphatic heterocycles. The number of methoxy groups -OCH3 is 1. The molecule has 183 valence electrons. The molecular formula is C25H34BN2O6. The van der Waals surface area contributed by atoms with Crippen molar-refractivity contribution in [3.8, 4) is 5.75 Å². The molecule has 0 unspecified atom stereocenters. The standard InChI is InChI=1S/C25H34BN2O6/c1-6-12-33-20-10-8-18(9-11-20)14-21(26-34-16-27)24(30)28-22(13-17(3)4)23(29)15-19(7-2)25(31)32-5/h6-11,16-17,19,21-22,27H,1-2,12-15H2,3-5H3,(H,28,30)/t19-,21+,22+/m1/s1. The van der Waals surface area contributed by atoms with Gasteiger partial charge >= 0.3 is 13.5 Å². The number of amides is 1. The molecule has 0 aliphatic carbocycles. The van der Waals surface area contributed by atoms with Crippen LogP contribution in [0.1, 0.15) is 32.3 Å². The van der Waals surface area contributed by atoms with Gasteiger partial charge in [-0.15, -0.1) is 6.58 Å². The van der Waals surface area contributed by atoms with Crippen molar-refractivity contribution in [2.45, 2.75) is 45.0 Å². The third-order valence-electron chi connectivity index (χ3n) is 5.02. The fourth-order valence-corrected chi connectivity index (χ4v) is 3.26. The van der Waals surface area contributed by atoms with E-state index >= 15 is 0 Å². The Morgan fingerprint density at radius 1 is 1.18 bits per heavy atom. The Hall–Kier alpha value is -3.36. The van der Waals surface area contributed by atoms with Crippen molar-refractivity contribution < 1.29 is 28.5 Å². The second-order valence-corrected chi connectivity index (χ2v) is 8.17. The number of hydrogen-bond donors (Lipinski definition) is 2. The van der Waals surface area contributed by atoms with E-state index in [1.807, 2.05) is 26.0 Å². The van der Waals surface area contributed by atoms with E-state index in [0.717, 1.165) is 12.0 Å². The SMILES string of the molecule is C=CCOc1ccc(C[C@H]([B]OC=N)C(=O)N[C@@H](CC(C)C)C(=O)C[C@@H](C=C)C(=O)OC)cc1. The largest absolute Gasteiger partial charge is 0.555 e. The first-order valence-electron chi connectivity index (χ1n) is 11.1. The van der Waals surface area contributed by atoms with Gasteiger partial charge in [-0.3, -0.25) is 19.8 Å². The number of carbonyl (C=O) groups excluding carboxylic acids is 3. The highest BCUT2D eigenvalue weighted by molar-refractivity contribution is 6.39. The molecule has 1 aromatic carbocycles. The van der Waals surface area contributed by atoms with Crippen LogP contribution >= 0.6 is 0 Å². The lowest BCUT2D eigenvalue weighted by molar-refractivity contribution is -0.145. The molecule has 34 heavy (non-hydrogen) atoms. The number of benzene rings is 1. The maximum Gasteiger partial charge on any atom is 0.384 e. The zero-order valence-corrected chi connectivity index (χ0v) is 20.1. The Labute approximate surface area is 202 Å². The maximum absolute atomic E-state index is 13.1. The van der Waals surface area contributed by atoms with Crippen LogP contribution in [-0.4, -0.2) is 51.3 Å². The fraction of sp³-hybridized carbons (Fsp3) is 0.440. The smallest absolute Gasteiger partial charge is 0.384 e. The van der Waals surface area contributed by atoms with E-state index in [9.17, 15) is 14.4 Å². The highest BCUT2D eigenvalue weighted by Gasteiger charge is 2.30. The molecule has 1 rings (SSSR count). The highest BCUT2D eigenvalue weighted by Crippen LogP contribution is 2.20. The first kappa shape index (κ1) is 28.7. The van der Waals surface area contributed by atoms with E-state index in [2.05, 4.69) is 18.5 Å². The first-order chi connectivity index (χ1) is 16.2. The van der Waals surface area contributed by atoms with Crippen molar-refractivity contribution in [2.24, 2.45) is 11.8 Å². The molecule has 8 nitrogen and oxygen atoms in total. The third kappa shape index (κ3) is 10.1. The Morgan fingerprint density at radius 3 is 2.38 bits per heavy atom. The highest BCUT2D eigenvalue weighted by atomic mass is 16.5. The van der Waals surface area contributed by atoms with Crippen molar-refractivity contribution in [3.05, 3.63) is 55.1 Å². The van der Waals surface area contributed by atoms with Crippen molar-refractivity contribution in [2.75, 3.05) is 13.7 Å². The van der Waals surface area contributed by atoms with Crippen molar-refractivity contribution in [1.82, 2.24) is 5.32 Å². The molecular weight excluding hydrogens is 435 g/mol. The molecule has 0 fully saturated rings. The zero-order chi connectivity index (χ0) is 25.5. The summed E-state index contributed by atoms with van der Waals surface area (Å²) in [4.78, 5) is 37.9. The van der Waals surface area contributed by atoms with Gasteiger partial charge in [-0.25, -0.2) is 0 Å². The summed E-state index contributed by atoms with van der Waals surface area (Å²) < 4.78 is 15.2. The molecule has 3 atom stereocenters. The zero-order valence-electron chi connectivity index (χ0n) is 20.1. The summed E-state index contributed by atoms with van der Waals surface area (Å²) in [6, 6.07) is 6.46. The minimum absolute atomic E-state index is 0.120. The second kappa shape index (κ2) is 15.5. The molecule has 0 saturated heterocycles. The third-order valence-corrected chi connectivity index (χ3v) is 5.02. The van der Waals surface area contributed by atoms with Gasteiger partial charge in [0.25, 0.3) is 0 Å². The second-order valence-electron chi connectivity index (χ2n) is 8.17. The van der Waals surface area contributed by atoms with Gasteiger partial charge in [-0.05, 0) is 36.5 Å². The van der Waals surface area contributed by atoms with Crippen LogP contribution in [0.5, 0.6) is 5.75 Å². The normalized spacial score (nSPS) is 13.1. The number of carbonyl (C=O) groups is 3. The van der Waals surface area contributed by atoms with E-state index in [1.54, 1.807) is 18.2 Å². The molecule has 1 radical (unpaired) electrons. The quantitative estimate of drug-likeness (QED) is 0.119. The summed E-state index contributed by atoms with van der Waals surface area (Å²) in [5.41, 5.74) is 0.847. The molecule has 0 bridgehead atoms. The molecule has 1 aromatic rings. The van der Waals surface area contributed by atoms with Crippen LogP contribution in [0.25, 0.3) is 0 Å². The predicted molar refractivity (Wildman–Crippen MR) is 132 cm³/mol. The van der Waals surface area contributed by atoms with E-state index in [-0.39, 0.29) is 18.1 Å². The molecule has 2 N–H and O–H groups in total. The van der Waals surface area contributed by atoms with Crippen molar-refractivity contribution in [3.63, 3.8) is 0 Å². The van der Waals surface area contributed by atoms with Crippen LogP contribution in [0.2, 0.25) is 5.82 Å². The molecule has 0 spiro atoms. The van der Waals surface area contributed by atoms with E-state index in [4.69, 9.17) is 19.5 Å². The number of ketones is 1. The van der Waals surface area contributed by atoms with Gasteiger partial charge in [0.1, 0.15) is 18.8 Å². The Morgan fingerprint density at radius 2 is 1.85 bits per heavy atom. The number of nitrogens with one attached hydrogen (secondary N) is 2. The van der Waals surface area contributed by atoms with Crippen LogP contribution in [0.4, 0.5) is 0 Å². The topological polar surface area (TPSA) is 115 Å². The monoisotopic (exact) mass is 469 g/mol. The van der Waals surface area contributed by atoms with Gasteiger partial charge in [0.05, 0.1) is 24.9 Å². The lowest BCUT2D eigenvalue weighted by atomic mass is 9.75. The number of rotatable bonds is 17. The van der Waals surface area contributed by atoms with Crippen LogP contribution in [0, 0.1) is 17.2 Å². The van der Waals surface area contributed by atoms with Crippen LogP contribution in [0.3, 0.4) is 0 Å². The van der Waals surface area contributed by atoms with E-state index in [1.165, 1.54) is 20.7 Å². The summed E-state index contributed by atoms with van der Waals surface area (Å²) in [5, 5.41) is 9.93. The Kier molecular flexibility index (Phi) is 13.1. The predicted octanol–water partition coefficient (Wildman–Crippen LogP) is 3.29.